The fourth-order valence-corrected chi connectivity index (χ4v) is 3.17. The molecule has 1 aromatic heterocycles. The fourth-order valence-electron chi connectivity index (χ4n) is 3.17. The van der Waals surface area contributed by atoms with Crippen molar-refractivity contribution in [3.63, 3.8) is 0 Å². The Morgan fingerprint density at radius 1 is 0.921 bits per heavy atom. The molecule has 0 aliphatic heterocycles. The highest BCUT2D eigenvalue weighted by molar-refractivity contribution is 6.08. The predicted molar refractivity (Wildman–Crippen MR) is 151 cm³/mol. The molecule has 0 bridgehead atoms. The van der Waals surface area contributed by atoms with Crippen LogP contribution < -0.4 is 25.2 Å². The Bertz CT molecular complexity index is 1120. The normalized spacial score (nSPS) is 11.0. The number of aryl methyl sites for hydroxylation is 1. The van der Waals surface area contributed by atoms with Gasteiger partial charge in [0, 0.05) is 23.8 Å². The number of imidazole rings is 1. The van der Waals surface area contributed by atoms with Crippen LogP contribution in [0.3, 0.4) is 0 Å². The Hall–Kier alpha value is -3.56. The molecule has 0 spiro atoms. The second-order valence-electron chi connectivity index (χ2n) is 8.27. The summed E-state index contributed by atoms with van der Waals surface area (Å²) < 4.78 is 16.3. The Morgan fingerprint density at radius 2 is 1.50 bits per heavy atom. The van der Waals surface area contributed by atoms with Crippen LogP contribution in [-0.4, -0.2) is 59.4 Å². The van der Waals surface area contributed by atoms with Crippen LogP contribution in [0.25, 0.3) is 0 Å². The number of aliphatic hydroxyl groups excluding tert-OH is 1. The lowest BCUT2D eigenvalue weighted by molar-refractivity contribution is 0.102. The Kier molecular flexibility index (Phi) is 15.2. The Morgan fingerprint density at radius 3 is 2.00 bits per heavy atom. The first-order valence-electron chi connectivity index (χ1n) is 13.1. The van der Waals surface area contributed by atoms with E-state index in [2.05, 4.69) is 15.3 Å². The minimum atomic E-state index is -0.526. The molecular weight excluding hydrogens is 486 g/mol. The van der Waals surface area contributed by atoms with Crippen LogP contribution in [0.5, 0.6) is 17.2 Å². The summed E-state index contributed by atoms with van der Waals surface area (Å²) in [4.78, 5) is 28.2. The van der Waals surface area contributed by atoms with Gasteiger partial charge in [0.2, 0.25) is 5.78 Å². The van der Waals surface area contributed by atoms with Gasteiger partial charge in [-0.25, -0.2) is 4.79 Å². The molecule has 38 heavy (non-hydrogen) atoms. The van der Waals surface area contributed by atoms with Gasteiger partial charge >= 0.3 is 5.69 Å². The highest BCUT2D eigenvalue weighted by atomic mass is 16.5. The van der Waals surface area contributed by atoms with Gasteiger partial charge in [0.25, 0.3) is 0 Å². The summed E-state index contributed by atoms with van der Waals surface area (Å²) in [6, 6.07) is 14.7. The number of carbonyl (C=O) groups excluding carboxylic acids is 1. The number of benzene rings is 2. The van der Waals surface area contributed by atoms with Crippen LogP contribution in [0.15, 0.2) is 53.3 Å². The van der Waals surface area contributed by atoms with Gasteiger partial charge < -0.3 is 34.6 Å². The maximum atomic E-state index is 12.1. The van der Waals surface area contributed by atoms with E-state index in [1.54, 1.807) is 31.2 Å². The molecule has 3 rings (SSSR count). The summed E-state index contributed by atoms with van der Waals surface area (Å²) >= 11 is 0. The minimum absolute atomic E-state index is 0.214. The molecule has 9 nitrogen and oxygen atoms in total. The zero-order valence-electron chi connectivity index (χ0n) is 23.6. The van der Waals surface area contributed by atoms with Gasteiger partial charge in [0.05, 0.1) is 13.2 Å². The van der Waals surface area contributed by atoms with Gasteiger partial charge in [-0.05, 0) is 57.2 Å². The SMILES string of the molecule is CC.CCOc1ccc(C(=O)c2[nH]c(=O)[nH]c2C)cc1.CCOc1ccccc1OCC(O)CNC(C)C. The summed E-state index contributed by atoms with van der Waals surface area (Å²) in [6.07, 6.45) is -0.526. The lowest BCUT2D eigenvalue weighted by Crippen LogP contribution is -2.35. The molecule has 3 aromatic rings. The molecule has 0 aliphatic carbocycles. The summed E-state index contributed by atoms with van der Waals surface area (Å²) in [5.74, 6) is 1.88. The number of para-hydroxylation sites is 2. The average molecular weight is 530 g/mol. The van der Waals surface area contributed by atoms with E-state index in [4.69, 9.17) is 14.2 Å². The van der Waals surface area contributed by atoms with Crippen LogP contribution in [0.2, 0.25) is 0 Å². The fraction of sp³-hybridized carbons (Fsp3) is 0.448. The monoisotopic (exact) mass is 529 g/mol. The molecule has 2 aromatic carbocycles. The van der Waals surface area contributed by atoms with Crippen molar-refractivity contribution in [3.8, 4) is 17.2 Å². The smallest absolute Gasteiger partial charge is 0.323 e. The van der Waals surface area contributed by atoms with Crippen LogP contribution in [0, 0.1) is 6.92 Å². The van der Waals surface area contributed by atoms with E-state index < -0.39 is 6.10 Å². The summed E-state index contributed by atoms with van der Waals surface area (Å²) in [5.41, 5.74) is 0.974. The third-order valence-corrected chi connectivity index (χ3v) is 4.91. The molecule has 0 saturated heterocycles. The van der Waals surface area contributed by atoms with E-state index >= 15 is 0 Å². The molecule has 1 atom stereocenters. The first kappa shape index (κ1) is 32.5. The van der Waals surface area contributed by atoms with E-state index in [9.17, 15) is 14.7 Å². The van der Waals surface area contributed by atoms with Crippen LogP contribution in [0.4, 0.5) is 0 Å². The van der Waals surface area contributed by atoms with Crippen molar-refractivity contribution in [3.05, 3.63) is 76.0 Å². The summed E-state index contributed by atoms with van der Waals surface area (Å²) in [5, 5.41) is 12.9. The number of nitrogens with one attached hydrogen (secondary N) is 3. The van der Waals surface area contributed by atoms with Crippen molar-refractivity contribution in [2.75, 3.05) is 26.4 Å². The summed E-state index contributed by atoms with van der Waals surface area (Å²) in [6.45, 7) is 15.5. The van der Waals surface area contributed by atoms with Gasteiger partial charge in [-0.2, -0.15) is 0 Å². The second kappa shape index (κ2) is 17.8. The van der Waals surface area contributed by atoms with E-state index in [1.807, 2.05) is 65.8 Å². The lowest BCUT2D eigenvalue weighted by atomic mass is 10.1. The number of rotatable bonds is 12. The first-order valence-corrected chi connectivity index (χ1v) is 13.1. The molecule has 9 heteroatoms. The molecule has 210 valence electrons. The van der Waals surface area contributed by atoms with Crippen molar-refractivity contribution >= 4 is 5.78 Å². The van der Waals surface area contributed by atoms with Gasteiger partial charge in [-0.3, -0.25) is 4.79 Å². The van der Waals surface area contributed by atoms with Gasteiger partial charge in [0.1, 0.15) is 24.2 Å². The van der Waals surface area contributed by atoms with Crippen molar-refractivity contribution < 1.29 is 24.1 Å². The molecule has 4 N–H and O–H groups in total. The van der Waals surface area contributed by atoms with E-state index in [0.29, 0.717) is 60.0 Å². The van der Waals surface area contributed by atoms with Crippen molar-refractivity contribution in [1.29, 1.82) is 0 Å². The molecular formula is C29H43N3O6. The Balaban J connectivity index is 0.000000357. The van der Waals surface area contributed by atoms with Gasteiger partial charge in [-0.1, -0.05) is 39.8 Å². The quantitative estimate of drug-likeness (QED) is 0.255. The standard InChI is InChI=1S/C14H23NO3.C13H14N2O3.C2H6/c1-4-17-13-7-5-6-8-14(13)18-10-12(16)9-15-11(2)3;1-3-18-10-6-4-9(5-7-10)12(16)11-8(2)14-13(17)15-11;1-2/h5-8,11-12,15-16H,4,9-10H2,1-3H3;4-7H,3H2,1-2H3,(H2,14,15,17);1-2H3. The number of aromatic amines is 2. The topological polar surface area (TPSA) is 126 Å². The number of ketones is 1. The first-order chi connectivity index (χ1) is 18.2. The zero-order valence-corrected chi connectivity index (χ0v) is 23.6. The van der Waals surface area contributed by atoms with E-state index in [0.717, 1.165) is 0 Å². The maximum Gasteiger partial charge on any atom is 0.323 e. The summed E-state index contributed by atoms with van der Waals surface area (Å²) in [7, 11) is 0. The number of hydrogen-bond acceptors (Lipinski definition) is 7. The lowest BCUT2D eigenvalue weighted by Gasteiger charge is -2.16. The second-order valence-corrected chi connectivity index (χ2v) is 8.27. The zero-order chi connectivity index (χ0) is 28.5. The molecule has 0 saturated carbocycles. The Labute approximate surface area is 225 Å². The van der Waals surface area contributed by atoms with Gasteiger partial charge in [-0.15, -0.1) is 0 Å². The largest absolute Gasteiger partial charge is 0.494 e. The number of H-pyrrole nitrogens is 2. The van der Waals surface area contributed by atoms with Crippen LogP contribution >= 0.6 is 0 Å². The highest BCUT2D eigenvalue weighted by Gasteiger charge is 2.14. The third-order valence-electron chi connectivity index (χ3n) is 4.91. The highest BCUT2D eigenvalue weighted by Crippen LogP contribution is 2.26. The molecule has 0 amide bonds. The number of aromatic nitrogens is 2. The van der Waals surface area contributed by atoms with Crippen molar-refractivity contribution in [2.24, 2.45) is 0 Å². The third kappa shape index (κ3) is 11.2. The molecule has 0 fully saturated rings. The van der Waals surface area contributed by atoms with Crippen molar-refractivity contribution in [2.45, 2.75) is 60.6 Å². The van der Waals surface area contributed by atoms with E-state index in [1.165, 1.54) is 0 Å². The number of ether oxygens (including phenoxy) is 3. The van der Waals surface area contributed by atoms with E-state index in [-0.39, 0.29) is 18.1 Å². The van der Waals surface area contributed by atoms with Crippen LogP contribution in [-0.2, 0) is 0 Å². The average Bonchev–Trinajstić information content (AvgIpc) is 3.26. The molecule has 1 heterocycles. The maximum absolute atomic E-state index is 12.1. The molecule has 0 radical (unpaired) electrons. The number of hydrogen-bond donors (Lipinski definition) is 4. The minimum Gasteiger partial charge on any atom is -0.494 e. The number of aliphatic hydroxyl groups is 1. The number of carbonyl (C=O) groups is 1. The molecule has 1 unspecified atom stereocenters. The predicted octanol–water partition coefficient (Wildman–Crippen LogP) is 4.49. The van der Waals surface area contributed by atoms with Crippen molar-refractivity contribution in [1.82, 2.24) is 15.3 Å². The molecule has 0 aliphatic rings. The van der Waals surface area contributed by atoms with Crippen LogP contribution in [0.1, 0.15) is 63.3 Å². The van der Waals surface area contributed by atoms with Gasteiger partial charge in [0.15, 0.2) is 11.5 Å².